The molecule has 1 unspecified atom stereocenters. The van der Waals surface area contributed by atoms with Crippen LogP contribution in [0.2, 0.25) is 0 Å². The van der Waals surface area contributed by atoms with Crippen molar-refractivity contribution in [1.82, 2.24) is 0 Å². The summed E-state index contributed by atoms with van der Waals surface area (Å²) in [6.07, 6.45) is 0. The maximum Gasteiger partial charge on any atom is 0.160 e. The van der Waals surface area contributed by atoms with E-state index < -0.39 is 22.9 Å². The molecule has 0 radical (unpaired) electrons. The van der Waals surface area contributed by atoms with Crippen molar-refractivity contribution < 1.29 is 17.5 Å². The average molecular weight is 192 g/mol. The smallest absolute Gasteiger partial charge is 0.160 e. The zero-order valence-electron chi connectivity index (χ0n) is 5.71. The van der Waals surface area contributed by atoms with Crippen molar-refractivity contribution in [3.05, 3.63) is 29.8 Å². The first-order chi connectivity index (χ1) is 5.59. The molecule has 1 N–H and O–H groups in total. The van der Waals surface area contributed by atoms with E-state index in [0.717, 1.165) is 18.2 Å². The van der Waals surface area contributed by atoms with Crippen LogP contribution in [0, 0.1) is 11.6 Å². The van der Waals surface area contributed by atoms with Crippen molar-refractivity contribution in [1.29, 1.82) is 0 Å². The Morgan fingerprint density at radius 2 is 2.00 bits per heavy atom. The highest BCUT2D eigenvalue weighted by Gasteiger charge is 2.01. The number of hydrogen-bond donors (Lipinski definition) is 1. The quantitative estimate of drug-likeness (QED) is 0.715. The zero-order chi connectivity index (χ0) is 9.14. The standard InChI is InChI=1S/C6H5F2NO2S/c7-5-2-1-4(3-6(5)8)9-12(10)11/h1-3,9H,(H,10,11)/p-1. The van der Waals surface area contributed by atoms with Gasteiger partial charge in [-0.1, -0.05) is 0 Å². The normalized spacial score (nSPS) is 12.6. The van der Waals surface area contributed by atoms with Gasteiger partial charge in [-0.05, 0) is 12.1 Å². The first kappa shape index (κ1) is 9.08. The lowest BCUT2D eigenvalue weighted by Crippen LogP contribution is -2.02. The number of benzene rings is 1. The van der Waals surface area contributed by atoms with Crippen LogP contribution >= 0.6 is 0 Å². The van der Waals surface area contributed by atoms with Crippen molar-refractivity contribution in [2.45, 2.75) is 0 Å². The van der Waals surface area contributed by atoms with Crippen molar-refractivity contribution in [2.24, 2.45) is 0 Å². The topological polar surface area (TPSA) is 52.2 Å². The van der Waals surface area contributed by atoms with Crippen molar-refractivity contribution >= 4 is 17.0 Å². The Labute approximate surface area is 69.8 Å². The molecule has 0 aliphatic rings. The van der Waals surface area contributed by atoms with Crippen molar-refractivity contribution in [2.75, 3.05) is 4.72 Å². The third-order valence-corrected chi connectivity index (χ3v) is 1.52. The van der Waals surface area contributed by atoms with Gasteiger partial charge in [-0.2, -0.15) is 0 Å². The third-order valence-electron chi connectivity index (χ3n) is 1.12. The molecule has 0 saturated heterocycles. The van der Waals surface area contributed by atoms with E-state index in [0.29, 0.717) is 0 Å². The number of rotatable bonds is 2. The maximum absolute atomic E-state index is 12.4. The van der Waals surface area contributed by atoms with Gasteiger partial charge in [-0.25, -0.2) is 8.78 Å². The second-order valence-corrected chi connectivity index (χ2v) is 2.64. The van der Waals surface area contributed by atoms with Crippen LogP contribution < -0.4 is 4.72 Å². The molecule has 1 aromatic carbocycles. The molecule has 0 aliphatic heterocycles. The SMILES string of the molecule is O=S([O-])Nc1ccc(F)c(F)c1. The van der Waals surface area contributed by atoms with Gasteiger partial charge in [-0.15, -0.1) is 0 Å². The van der Waals surface area contributed by atoms with E-state index in [2.05, 4.69) is 0 Å². The Morgan fingerprint density at radius 3 is 2.50 bits per heavy atom. The molecule has 0 spiro atoms. The van der Waals surface area contributed by atoms with Gasteiger partial charge in [0.2, 0.25) is 0 Å². The van der Waals surface area contributed by atoms with Gasteiger partial charge in [0.1, 0.15) is 0 Å². The van der Waals surface area contributed by atoms with Gasteiger partial charge in [0, 0.05) is 23.0 Å². The lowest BCUT2D eigenvalue weighted by Gasteiger charge is -2.07. The van der Waals surface area contributed by atoms with Crippen molar-refractivity contribution in [3.8, 4) is 0 Å². The number of hydrogen-bond acceptors (Lipinski definition) is 2. The molecule has 3 nitrogen and oxygen atoms in total. The highest BCUT2D eigenvalue weighted by Crippen LogP contribution is 2.12. The monoisotopic (exact) mass is 192 g/mol. The molecule has 6 heteroatoms. The summed E-state index contributed by atoms with van der Waals surface area (Å²) < 4.78 is 46.7. The van der Waals surface area contributed by atoms with Gasteiger partial charge >= 0.3 is 0 Å². The van der Waals surface area contributed by atoms with E-state index in [9.17, 15) is 17.5 Å². The summed E-state index contributed by atoms with van der Waals surface area (Å²) >= 11 is -2.52. The molecule has 12 heavy (non-hydrogen) atoms. The van der Waals surface area contributed by atoms with E-state index in [1.165, 1.54) is 0 Å². The molecule has 0 bridgehead atoms. The van der Waals surface area contributed by atoms with Gasteiger partial charge < -0.3 is 9.27 Å². The van der Waals surface area contributed by atoms with Gasteiger partial charge in [0.15, 0.2) is 11.6 Å². The molecule has 66 valence electrons. The van der Waals surface area contributed by atoms with E-state index in [1.54, 1.807) is 0 Å². The largest absolute Gasteiger partial charge is 0.755 e. The average Bonchev–Trinajstić information content (AvgIpc) is 1.96. The van der Waals surface area contributed by atoms with E-state index >= 15 is 0 Å². The molecular weight excluding hydrogens is 188 g/mol. The van der Waals surface area contributed by atoms with Crippen LogP contribution in [0.4, 0.5) is 14.5 Å². The summed E-state index contributed by atoms with van der Waals surface area (Å²) in [6, 6.07) is 2.71. The Morgan fingerprint density at radius 1 is 1.33 bits per heavy atom. The molecule has 0 aliphatic carbocycles. The number of halogens is 2. The van der Waals surface area contributed by atoms with Gasteiger partial charge in [0.25, 0.3) is 0 Å². The summed E-state index contributed by atoms with van der Waals surface area (Å²) in [6.45, 7) is 0. The van der Waals surface area contributed by atoms with Crippen LogP contribution in [0.25, 0.3) is 0 Å². The zero-order valence-corrected chi connectivity index (χ0v) is 6.53. The predicted molar refractivity (Wildman–Crippen MR) is 38.9 cm³/mol. The summed E-state index contributed by atoms with van der Waals surface area (Å²) in [4.78, 5) is 0. The van der Waals surface area contributed by atoms with Crippen LogP contribution in [-0.4, -0.2) is 8.76 Å². The highest BCUT2D eigenvalue weighted by molar-refractivity contribution is 7.80. The fourth-order valence-electron chi connectivity index (χ4n) is 0.656. The number of nitrogens with one attached hydrogen (secondary N) is 1. The first-order valence-electron chi connectivity index (χ1n) is 2.90. The molecular formula is C6H4F2NO2S-. The second kappa shape index (κ2) is 3.59. The molecule has 0 amide bonds. The summed E-state index contributed by atoms with van der Waals surface area (Å²) in [5.41, 5.74) is -0.0118. The van der Waals surface area contributed by atoms with Crippen LogP contribution in [0.15, 0.2) is 18.2 Å². The molecule has 0 fully saturated rings. The van der Waals surface area contributed by atoms with Crippen LogP contribution in [0.3, 0.4) is 0 Å². The van der Waals surface area contributed by atoms with E-state index in [-0.39, 0.29) is 5.69 Å². The van der Waals surface area contributed by atoms with Gasteiger partial charge in [0.05, 0.1) is 0 Å². The molecule has 0 saturated carbocycles. The molecule has 1 atom stereocenters. The molecule has 1 rings (SSSR count). The Bertz CT molecular complexity index is 318. The first-order valence-corrected chi connectivity index (χ1v) is 3.98. The number of anilines is 1. The van der Waals surface area contributed by atoms with Crippen LogP contribution in [-0.2, 0) is 11.3 Å². The fourth-order valence-corrected chi connectivity index (χ4v) is 0.975. The van der Waals surface area contributed by atoms with Crippen molar-refractivity contribution in [3.63, 3.8) is 0 Å². The highest BCUT2D eigenvalue weighted by atomic mass is 32.2. The van der Waals surface area contributed by atoms with Gasteiger partial charge in [-0.3, -0.25) is 4.21 Å². The van der Waals surface area contributed by atoms with E-state index in [1.807, 2.05) is 4.72 Å². The molecule has 1 aromatic rings. The predicted octanol–water partition coefficient (Wildman–Crippen LogP) is 1.17. The Balaban J connectivity index is 2.89. The summed E-state index contributed by atoms with van der Waals surface area (Å²) in [5, 5.41) is 0. The third kappa shape index (κ3) is 2.24. The minimum absolute atomic E-state index is 0.0118. The summed E-state index contributed by atoms with van der Waals surface area (Å²) in [7, 11) is 0. The summed E-state index contributed by atoms with van der Waals surface area (Å²) in [5.74, 6) is -2.11. The minimum atomic E-state index is -2.52. The van der Waals surface area contributed by atoms with E-state index in [4.69, 9.17) is 0 Å². The fraction of sp³-hybridized carbons (Fsp3) is 0. The second-order valence-electron chi connectivity index (χ2n) is 1.97. The minimum Gasteiger partial charge on any atom is -0.755 e. The molecule has 0 heterocycles. The van der Waals surface area contributed by atoms with Crippen LogP contribution in [0.1, 0.15) is 0 Å². The lowest BCUT2D eigenvalue weighted by atomic mass is 10.3. The Kier molecular flexibility index (Phi) is 2.72. The molecule has 0 aromatic heterocycles. The lowest BCUT2D eigenvalue weighted by molar-refractivity contribution is 0.509. The van der Waals surface area contributed by atoms with Crippen LogP contribution in [0.5, 0.6) is 0 Å². The Hall–Kier alpha value is -1.01. The maximum atomic E-state index is 12.4.